The molecule has 0 spiro atoms. The minimum atomic E-state index is -2.69. The zero-order chi connectivity index (χ0) is 21.0. The summed E-state index contributed by atoms with van der Waals surface area (Å²) in [6.07, 6.45) is 5.11. The molecule has 2 aromatic heterocycles. The molecule has 7 nitrogen and oxygen atoms in total. The van der Waals surface area contributed by atoms with Crippen LogP contribution in [0.3, 0.4) is 0 Å². The number of halogens is 3. The number of anilines is 3. The molecule has 2 saturated heterocycles. The van der Waals surface area contributed by atoms with Crippen molar-refractivity contribution in [3.8, 4) is 0 Å². The van der Waals surface area contributed by atoms with E-state index >= 15 is 0 Å². The Morgan fingerprint density at radius 3 is 2.38 bits per heavy atom. The summed E-state index contributed by atoms with van der Waals surface area (Å²) < 4.78 is 28.7. The van der Waals surface area contributed by atoms with E-state index in [1.165, 1.54) is 0 Å². The predicted molar refractivity (Wildman–Crippen MR) is 109 cm³/mol. The number of likely N-dealkylation sites (tertiary alicyclic amines) is 1. The van der Waals surface area contributed by atoms with Gasteiger partial charge in [0.15, 0.2) is 5.82 Å². The zero-order valence-corrected chi connectivity index (χ0v) is 17.8. The molecular weight excluding hydrogens is 400 g/mol. The van der Waals surface area contributed by atoms with E-state index < -0.39 is 5.92 Å². The number of aryl methyl sites for hydroxylation is 1. The molecule has 0 bridgehead atoms. The fourth-order valence-electron chi connectivity index (χ4n) is 4.71. The van der Waals surface area contributed by atoms with Gasteiger partial charge >= 0.3 is 0 Å². The van der Waals surface area contributed by atoms with Gasteiger partial charge in [0.05, 0.1) is 24.6 Å². The van der Waals surface area contributed by atoms with Crippen LogP contribution < -0.4 is 10.2 Å². The standard InChI is InChI=1S/C19H26ClF2N7/c1-17-8-28(12-19(3,21)22)9-18(17,2)11-29(10-17)15-14(20)6-23-16(26-15)25-13-5-24-27(4)7-13/h5-7H,8-12H2,1-4H3,(H,23,25,26)/t17-,18+. The summed E-state index contributed by atoms with van der Waals surface area (Å²) in [4.78, 5) is 12.9. The molecule has 0 aliphatic carbocycles. The first-order valence-electron chi connectivity index (χ1n) is 9.60. The lowest BCUT2D eigenvalue weighted by Gasteiger charge is -2.30. The van der Waals surface area contributed by atoms with Crippen LogP contribution in [0.25, 0.3) is 0 Å². The Hall–Kier alpha value is -2.00. The molecule has 29 heavy (non-hydrogen) atoms. The van der Waals surface area contributed by atoms with Crippen molar-refractivity contribution in [2.75, 3.05) is 42.9 Å². The Morgan fingerprint density at radius 2 is 1.83 bits per heavy atom. The van der Waals surface area contributed by atoms with Gasteiger partial charge in [-0.1, -0.05) is 25.4 Å². The van der Waals surface area contributed by atoms with Gasteiger partial charge in [-0.25, -0.2) is 13.8 Å². The summed E-state index contributed by atoms with van der Waals surface area (Å²) in [6.45, 7) is 7.80. The average molecular weight is 426 g/mol. The first-order valence-corrected chi connectivity index (χ1v) is 9.98. The maximum absolute atomic E-state index is 13.5. The fraction of sp³-hybridized carbons (Fsp3) is 0.632. The SMILES string of the molecule is Cn1cc(Nc2ncc(Cl)c(N3C[C@]4(C)CN(CC(C)(F)F)C[C@]4(C)C3)n2)cn1. The molecule has 10 heteroatoms. The normalized spacial score (nSPS) is 27.5. The number of fused-ring (bicyclic) bond motifs is 1. The third-order valence-corrected chi connectivity index (χ3v) is 6.44. The molecule has 2 aromatic rings. The lowest BCUT2D eigenvalue weighted by atomic mass is 9.71. The molecule has 4 rings (SSSR count). The number of hydrogen-bond donors (Lipinski definition) is 1. The zero-order valence-electron chi connectivity index (χ0n) is 17.1. The molecule has 2 aliphatic rings. The highest BCUT2D eigenvalue weighted by Gasteiger charge is 2.58. The first-order chi connectivity index (χ1) is 13.5. The van der Waals surface area contributed by atoms with Gasteiger partial charge in [0, 0.05) is 57.2 Å². The lowest BCUT2D eigenvalue weighted by molar-refractivity contribution is -0.0116. The van der Waals surface area contributed by atoms with Crippen molar-refractivity contribution in [2.24, 2.45) is 17.9 Å². The van der Waals surface area contributed by atoms with Crippen LogP contribution in [0, 0.1) is 10.8 Å². The van der Waals surface area contributed by atoms with Crippen molar-refractivity contribution in [1.82, 2.24) is 24.6 Å². The number of hydrogen-bond acceptors (Lipinski definition) is 6. The molecular formula is C19H26ClF2N7. The van der Waals surface area contributed by atoms with Crippen molar-refractivity contribution >= 4 is 29.1 Å². The highest BCUT2D eigenvalue weighted by Crippen LogP contribution is 2.53. The molecule has 0 radical (unpaired) electrons. The van der Waals surface area contributed by atoms with E-state index in [0.29, 0.717) is 43.0 Å². The largest absolute Gasteiger partial charge is 0.354 e. The second kappa shape index (κ2) is 6.77. The number of alkyl halides is 2. The van der Waals surface area contributed by atoms with Gasteiger partial charge < -0.3 is 10.2 Å². The van der Waals surface area contributed by atoms with Crippen LogP contribution in [0.2, 0.25) is 5.02 Å². The van der Waals surface area contributed by atoms with Crippen LogP contribution in [0.4, 0.5) is 26.2 Å². The second-order valence-electron chi connectivity index (χ2n) is 9.09. The monoisotopic (exact) mass is 425 g/mol. The van der Waals surface area contributed by atoms with Crippen molar-refractivity contribution < 1.29 is 8.78 Å². The summed E-state index contributed by atoms with van der Waals surface area (Å²) in [6, 6.07) is 0. The summed E-state index contributed by atoms with van der Waals surface area (Å²) >= 11 is 6.43. The summed E-state index contributed by atoms with van der Waals surface area (Å²) in [7, 11) is 1.83. The van der Waals surface area contributed by atoms with Crippen LogP contribution >= 0.6 is 11.6 Å². The van der Waals surface area contributed by atoms with Crippen LogP contribution in [-0.2, 0) is 7.05 Å². The van der Waals surface area contributed by atoms with Gasteiger partial charge in [-0.2, -0.15) is 10.1 Å². The van der Waals surface area contributed by atoms with E-state index in [0.717, 1.165) is 12.6 Å². The van der Waals surface area contributed by atoms with Crippen molar-refractivity contribution in [2.45, 2.75) is 26.7 Å². The Kier molecular flexibility index (Phi) is 4.73. The maximum atomic E-state index is 13.5. The number of aromatic nitrogens is 4. The van der Waals surface area contributed by atoms with Crippen molar-refractivity contribution in [1.29, 1.82) is 0 Å². The summed E-state index contributed by atoms with van der Waals surface area (Å²) in [5.41, 5.74) is 0.543. The molecule has 158 valence electrons. The van der Waals surface area contributed by atoms with E-state index in [1.54, 1.807) is 17.1 Å². The molecule has 2 aliphatic heterocycles. The maximum Gasteiger partial charge on any atom is 0.257 e. The fourth-order valence-corrected chi connectivity index (χ4v) is 4.92. The third-order valence-electron chi connectivity index (χ3n) is 6.17. The average Bonchev–Trinajstić information content (AvgIpc) is 3.15. The molecule has 4 heterocycles. The van der Waals surface area contributed by atoms with E-state index in [1.807, 2.05) is 18.1 Å². The number of nitrogens with one attached hydrogen (secondary N) is 1. The minimum Gasteiger partial charge on any atom is -0.354 e. The molecule has 2 fully saturated rings. The van der Waals surface area contributed by atoms with Crippen molar-refractivity contribution in [3.63, 3.8) is 0 Å². The van der Waals surface area contributed by atoms with Crippen molar-refractivity contribution in [3.05, 3.63) is 23.6 Å². The van der Waals surface area contributed by atoms with Crippen LogP contribution in [0.15, 0.2) is 18.6 Å². The summed E-state index contributed by atoms with van der Waals surface area (Å²) in [5.74, 6) is -1.58. The Balaban J connectivity index is 1.53. The molecule has 0 aromatic carbocycles. The lowest BCUT2D eigenvalue weighted by Crippen LogP contribution is -2.38. The first kappa shape index (κ1) is 20.3. The quantitative estimate of drug-likeness (QED) is 0.792. The van der Waals surface area contributed by atoms with Crippen LogP contribution in [0.5, 0.6) is 0 Å². The van der Waals surface area contributed by atoms with Gasteiger partial charge in [-0.3, -0.25) is 9.58 Å². The molecule has 0 amide bonds. The third kappa shape index (κ3) is 3.90. The number of nitrogens with zero attached hydrogens (tertiary/aromatic N) is 6. The van der Waals surface area contributed by atoms with Gasteiger partial charge in [-0.05, 0) is 0 Å². The second-order valence-corrected chi connectivity index (χ2v) is 9.49. The highest BCUT2D eigenvalue weighted by atomic mass is 35.5. The van der Waals surface area contributed by atoms with Gasteiger partial charge in [0.2, 0.25) is 5.95 Å². The number of rotatable bonds is 5. The summed E-state index contributed by atoms with van der Waals surface area (Å²) in [5, 5.41) is 7.74. The predicted octanol–water partition coefficient (Wildman–Crippen LogP) is 3.41. The molecule has 2 atom stereocenters. The van der Waals surface area contributed by atoms with Crippen LogP contribution in [-0.4, -0.2) is 63.3 Å². The van der Waals surface area contributed by atoms with Gasteiger partial charge in [0.25, 0.3) is 5.92 Å². The van der Waals surface area contributed by atoms with E-state index in [4.69, 9.17) is 11.6 Å². The van der Waals surface area contributed by atoms with E-state index in [9.17, 15) is 8.78 Å². The van der Waals surface area contributed by atoms with Gasteiger partial charge in [0.1, 0.15) is 5.02 Å². The smallest absolute Gasteiger partial charge is 0.257 e. The topological polar surface area (TPSA) is 62.1 Å². The van der Waals surface area contributed by atoms with Crippen LogP contribution in [0.1, 0.15) is 20.8 Å². The Bertz CT molecular complexity index is 894. The Labute approximate surface area is 174 Å². The molecule has 1 N–H and O–H groups in total. The Morgan fingerprint density at radius 1 is 1.17 bits per heavy atom. The van der Waals surface area contributed by atoms with E-state index in [2.05, 4.69) is 39.1 Å². The minimum absolute atomic E-state index is 0.122. The highest BCUT2D eigenvalue weighted by molar-refractivity contribution is 6.32. The molecule has 0 unspecified atom stereocenters. The molecule has 0 saturated carbocycles. The van der Waals surface area contributed by atoms with E-state index in [-0.39, 0.29) is 17.4 Å². The van der Waals surface area contributed by atoms with Gasteiger partial charge in [-0.15, -0.1) is 0 Å².